The highest BCUT2D eigenvalue weighted by Gasteiger charge is 2.16. The van der Waals surface area contributed by atoms with Crippen molar-refractivity contribution in [3.63, 3.8) is 0 Å². The number of benzene rings is 2. The standard InChI is InChI=1S/C19H21FN2O5/c1-25-15-10-13(11-16(26-2)17(15)27-3)19(24)22-8-7-21-18(23)12-5-4-6-14(20)9-12/h4-6,9-11H,7-8H2,1-3H3,(H,21,23)(H,22,24). The van der Waals surface area contributed by atoms with Gasteiger partial charge in [-0.25, -0.2) is 4.39 Å². The number of carbonyl (C=O) groups excluding carboxylic acids is 2. The molecule has 0 aliphatic carbocycles. The normalized spacial score (nSPS) is 10.1. The SMILES string of the molecule is COc1cc(C(=O)NCCNC(=O)c2cccc(F)c2)cc(OC)c1OC. The van der Waals surface area contributed by atoms with E-state index in [4.69, 9.17) is 14.2 Å². The van der Waals surface area contributed by atoms with Crippen molar-refractivity contribution in [3.8, 4) is 17.2 Å². The lowest BCUT2D eigenvalue weighted by atomic mass is 10.1. The van der Waals surface area contributed by atoms with Crippen LogP contribution in [0.25, 0.3) is 0 Å². The maximum absolute atomic E-state index is 13.1. The van der Waals surface area contributed by atoms with Crippen LogP contribution in [0.5, 0.6) is 17.2 Å². The van der Waals surface area contributed by atoms with E-state index in [2.05, 4.69) is 10.6 Å². The number of rotatable bonds is 8. The van der Waals surface area contributed by atoms with E-state index < -0.39 is 11.7 Å². The fourth-order valence-corrected chi connectivity index (χ4v) is 2.40. The molecule has 0 bridgehead atoms. The predicted octanol–water partition coefficient (Wildman–Crippen LogP) is 2.01. The summed E-state index contributed by atoms with van der Waals surface area (Å²) in [6.45, 7) is 0.377. The monoisotopic (exact) mass is 376 g/mol. The summed E-state index contributed by atoms with van der Waals surface area (Å²) in [4.78, 5) is 24.2. The third-order valence-corrected chi connectivity index (χ3v) is 3.71. The Kier molecular flexibility index (Phi) is 6.99. The Balaban J connectivity index is 1.93. The third-order valence-electron chi connectivity index (χ3n) is 3.71. The van der Waals surface area contributed by atoms with Crippen LogP contribution >= 0.6 is 0 Å². The van der Waals surface area contributed by atoms with Gasteiger partial charge in [0.15, 0.2) is 11.5 Å². The fraction of sp³-hybridized carbons (Fsp3) is 0.263. The molecule has 0 fully saturated rings. The van der Waals surface area contributed by atoms with Gasteiger partial charge in [-0.15, -0.1) is 0 Å². The molecule has 2 aromatic carbocycles. The van der Waals surface area contributed by atoms with Crippen LogP contribution in [0.15, 0.2) is 36.4 Å². The molecule has 0 atom stereocenters. The highest BCUT2D eigenvalue weighted by Crippen LogP contribution is 2.38. The van der Waals surface area contributed by atoms with E-state index in [0.29, 0.717) is 22.8 Å². The Bertz CT molecular complexity index is 800. The first kappa shape index (κ1) is 20.0. The van der Waals surface area contributed by atoms with Gasteiger partial charge in [0.2, 0.25) is 5.75 Å². The molecule has 8 heteroatoms. The van der Waals surface area contributed by atoms with Crippen molar-refractivity contribution in [1.82, 2.24) is 10.6 Å². The zero-order valence-corrected chi connectivity index (χ0v) is 15.3. The molecule has 144 valence electrons. The van der Waals surface area contributed by atoms with Crippen LogP contribution in [0.1, 0.15) is 20.7 Å². The molecule has 0 aliphatic heterocycles. The number of methoxy groups -OCH3 is 3. The van der Waals surface area contributed by atoms with E-state index in [1.807, 2.05) is 0 Å². The van der Waals surface area contributed by atoms with Crippen LogP contribution in [0.2, 0.25) is 0 Å². The highest BCUT2D eigenvalue weighted by molar-refractivity contribution is 5.96. The van der Waals surface area contributed by atoms with Crippen molar-refractivity contribution >= 4 is 11.8 Å². The van der Waals surface area contributed by atoms with Crippen LogP contribution in [0, 0.1) is 5.82 Å². The van der Waals surface area contributed by atoms with Crippen LogP contribution in [-0.2, 0) is 0 Å². The number of nitrogens with one attached hydrogen (secondary N) is 2. The number of halogens is 1. The summed E-state index contributed by atoms with van der Waals surface area (Å²) in [5.74, 6) is -0.161. The molecule has 2 N–H and O–H groups in total. The first-order valence-corrected chi connectivity index (χ1v) is 8.12. The minimum atomic E-state index is -0.488. The summed E-state index contributed by atoms with van der Waals surface area (Å²) in [6, 6.07) is 8.42. The van der Waals surface area contributed by atoms with Crippen molar-refractivity contribution in [2.45, 2.75) is 0 Å². The number of ether oxygens (including phenoxy) is 3. The maximum Gasteiger partial charge on any atom is 0.251 e. The van der Waals surface area contributed by atoms with Gasteiger partial charge >= 0.3 is 0 Å². The minimum Gasteiger partial charge on any atom is -0.493 e. The molecule has 2 rings (SSSR count). The van der Waals surface area contributed by atoms with Crippen molar-refractivity contribution < 1.29 is 28.2 Å². The summed E-state index contributed by atoms with van der Waals surface area (Å²) >= 11 is 0. The van der Waals surface area contributed by atoms with Crippen molar-refractivity contribution in [2.75, 3.05) is 34.4 Å². The van der Waals surface area contributed by atoms with E-state index in [9.17, 15) is 14.0 Å². The summed E-state index contributed by atoms with van der Waals surface area (Å²) in [7, 11) is 4.39. The lowest BCUT2D eigenvalue weighted by molar-refractivity contribution is 0.0927. The molecule has 0 unspecified atom stereocenters. The van der Waals surface area contributed by atoms with E-state index in [-0.39, 0.29) is 24.6 Å². The van der Waals surface area contributed by atoms with Gasteiger partial charge in [0.25, 0.3) is 11.8 Å². The molecule has 2 aromatic rings. The number of hydrogen-bond acceptors (Lipinski definition) is 5. The summed E-state index contributed by atoms with van der Waals surface area (Å²) < 4.78 is 28.8. The number of amides is 2. The Labute approximate surface area is 156 Å². The second-order valence-corrected chi connectivity index (χ2v) is 5.44. The van der Waals surface area contributed by atoms with E-state index in [1.165, 1.54) is 51.7 Å². The zero-order valence-electron chi connectivity index (χ0n) is 15.3. The van der Waals surface area contributed by atoms with E-state index >= 15 is 0 Å². The van der Waals surface area contributed by atoms with Crippen LogP contribution in [0.3, 0.4) is 0 Å². The molecule has 0 aliphatic rings. The van der Waals surface area contributed by atoms with Gasteiger partial charge < -0.3 is 24.8 Å². The van der Waals surface area contributed by atoms with Gasteiger partial charge in [-0.05, 0) is 30.3 Å². The number of carbonyl (C=O) groups is 2. The topological polar surface area (TPSA) is 85.9 Å². The smallest absolute Gasteiger partial charge is 0.251 e. The largest absolute Gasteiger partial charge is 0.493 e. The van der Waals surface area contributed by atoms with Gasteiger partial charge in [-0.2, -0.15) is 0 Å². The minimum absolute atomic E-state index is 0.186. The van der Waals surface area contributed by atoms with Crippen LogP contribution in [-0.4, -0.2) is 46.2 Å². The van der Waals surface area contributed by atoms with Crippen LogP contribution < -0.4 is 24.8 Å². The van der Waals surface area contributed by atoms with Gasteiger partial charge in [0.05, 0.1) is 21.3 Å². The van der Waals surface area contributed by atoms with Crippen molar-refractivity contribution in [3.05, 3.63) is 53.3 Å². The molecular weight excluding hydrogens is 355 g/mol. The number of hydrogen-bond donors (Lipinski definition) is 2. The quantitative estimate of drug-likeness (QED) is 0.689. The summed E-state index contributed by atoms with van der Waals surface area (Å²) in [5.41, 5.74) is 0.534. The van der Waals surface area contributed by atoms with E-state index in [1.54, 1.807) is 0 Å². The summed E-state index contributed by atoms with van der Waals surface area (Å²) in [6.07, 6.45) is 0. The molecule has 7 nitrogen and oxygen atoms in total. The Hall–Kier alpha value is -3.29. The molecular formula is C19H21FN2O5. The zero-order chi connectivity index (χ0) is 19.8. The Morgan fingerprint density at radius 1 is 0.852 bits per heavy atom. The highest BCUT2D eigenvalue weighted by atomic mass is 19.1. The van der Waals surface area contributed by atoms with Gasteiger partial charge in [-0.3, -0.25) is 9.59 Å². The predicted molar refractivity (Wildman–Crippen MR) is 97.2 cm³/mol. The molecule has 0 heterocycles. The van der Waals surface area contributed by atoms with Crippen LogP contribution in [0.4, 0.5) is 4.39 Å². The van der Waals surface area contributed by atoms with Crippen molar-refractivity contribution in [1.29, 1.82) is 0 Å². The Morgan fingerprint density at radius 2 is 1.41 bits per heavy atom. The first-order chi connectivity index (χ1) is 13.0. The fourth-order valence-electron chi connectivity index (χ4n) is 2.40. The third kappa shape index (κ3) is 5.10. The molecule has 0 aromatic heterocycles. The second-order valence-electron chi connectivity index (χ2n) is 5.44. The molecule has 2 amide bonds. The van der Waals surface area contributed by atoms with Gasteiger partial charge in [0.1, 0.15) is 5.82 Å². The van der Waals surface area contributed by atoms with Crippen molar-refractivity contribution in [2.24, 2.45) is 0 Å². The lowest BCUT2D eigenvalue weighted by Gasteiger charge is -2.14. The van der Waals surface area contributed by atoms with E-state index in [0.717, 1.165) is 6.07 Å². The molecule has 0 radical (unpaired) electrons. The Morgan fingerprint density at radius 3 is 1.89 bits per heavy atom. The molecule has 0 spiro atoms. The molecule has 0 saturated carbocycles. The molecule has 0 saturated heterocycles. The lowest BCUT2D eigenvalue weighted by Crippen LogP contribution is -2.34. The van der Waals surface area contributed by atoms with Gasteiger partial charge in [0, 0.05) is 24.2 Å². The maximum atomic E-state index is 13.1. The second kappa shape index (κ2) is 9.42. The molecule has 27 heavy (non-hydrogen) atoms. The average Bonchev–Trinajstić information content (AvgIpc) is 2.69. The van der Waals surface area contributed by atoms with Gasteiger partial charge in [-0.1, -0.05) is 6.07 Å². The average molecular weight is 376 g/mol. The first-order valence-electron chi connectivity index (χ1n) is 8.12. The summed E-state index contributed by atoms with van der Waals surface area (Å²) in [5, 5.41) is 5.28.